The molecule has 3 nitrogen and oxygen atoms in total. The standard InChI is InChI=1S/C41H29N3/c1-2-4-12-28(13-5-3-1)37-17-10-18-38(43-37)29-21-23-33-34-24-22-30(27-36(34)32-15-7-6-14-31(32)35(33)26-29)39-19-11-20-41(44-39)40-16-8-9-25-42-40/h1-2,4,6-27H,3,5H2/b2-1?,12-4?,28-13+. The second kappa shape index (κ2) is 11.2. The van der Waals surface area contributed by atoms with Gasteiger partial charge in [-0.15, -0.1) is 0 Å². The molecule has 8 rings (SSSR count). The van der Waals surface area contributed by atoms with E-state index in [0.29, 0.717) is 0 Å². The van der Waals surface area contributed by atoms with Gasteiger partial charge in [0.15, 0.2) is 0 Å². The molecule has 44 heavy (non-hydrogen) atoms. The average Bonchev–Trinajstić information content (AvgIpc) is 3.08. The van der Waals surface area contributed by atoms with Crippen LogP contribution in [0.3, 0.4) is 0 Å². The molecule has 0 aliphatic heterocycles. The van der Waals surface area contributed by atoms with Crippen LogP contribution in [0.25, 0.3) is 71.8 Å². The Hall–Kier alpha value is -5.67. The van der Waals surface area contributed by atoms with Crippen LogP contribution in [-0.2, 0) is 0 Å². The summed E-state index contributed by atoms with van der Waals surface area (Å²) < 4.78 is 0. The van der Waals surface area contributed by atoms with Crippen LogP contribution < -0.4 is 0 Å². The van der Waals surface area contributed by atoms with Crippen LogP contribution in [0.4, 0.5) is 0 Å². The van der Waals surface area contributed by atoms with Crippen molar-refractivity contribution in [2.75, 3.05) is 0 Å². The maximum atomic E-state index is 5.11. The first-order valence-electron chi connectivity index (χ1n) is 15.1. The van der Waals surface area contributed by atoms with Crippen LogP contribution in [0.5, 0.6) is 0 Å². The molecule has 0 atom stereocenters. The summed E-state index contributed by atoms with van der Waals surface area (Å²) in [6.07, 6.45) is 14.7. The molecule has 0 amide bonds. The molecule has 1 aliphatic carbocycles. The van der Waals surface area contributed by atoms with Gasteiger partial charge in [0.1, 0.15) is 0 Å². The highest BCUT2D eigenvalue weighted by molar-refractivity contribution is 6.26. The van der Waals surface area contributed by atoms with Crippen molar-refractivity contribution in [3.05, 3.63) is 158 Å². The van der Waals surface area contributed by atoms with Crippen LogP contribution in [0.1, 0.15) is 18.5 Å². The number of hydrogen-bond donors (Lipinski definition) is 0. The summed E-state index contributed by atoms with van der Waals surface area (Å²) in [4.78, 5) is 14.6. The summed E-state index contributed by atoms with van der Waals surface area (Å²) in [5, 5.41) is 7.39. The summed E-state index contributed by atoms with van der Waals surface area (Å²) in [6.45, 7) is 0. The molecule has 4 aromatic carbocycles. The third-order valence-electron chi connectivity index (χ3n) is 8.37. The Balaban J connectivity index is 1.25. The number of hydrogen-bond acceptors (Lipinski definition) is 3. The first-order chi connectivity index (χ1) is 21.8. The molecule has 208 valence electrons. The minimum absolute atomic E-state index is 0.871. The average molecular weight is 564 g/mol. The van der Waals surface area contributed by atoms with E-state index < -0.39 is 0 Å². The molecule has 0 spiro atoms. The first kappa shape index (κ1) is 26.0. The fourth-order valence-corrected chi connectivity index (χ4v) is 6.21. The molecule has 1 aliphatic rings. The summed E-state index contributed by atoms with van der Waals surface area (Å²) in [5.74, 6) is 0. The van der Waals surface area contributed by atoms with Gasteiger partial charge in [0.2, 0.25) is 0 Å². The van der Waals surface area contributed by atoms with E-state index in [0.717, 1.165) is 52.4 Å². The van der Waals surface area contributed by atoms with Crippen LogP contribution in [0.2, 0.25) is 0 Å². The predicted molar refractivity (Wildman–Crippen MR) is 184 cm³/mol. The maximum Gasteiger partial charge on any atom is 0.0893 e. The Bertz CT molecular complexity index is 2260. The van der Waals surface area contributed by atoms with Gasteiger partial charge >= 0.3 is 0 Å². The van der Waals surface area contributed by atoms with Gasteiger partial charge in [-0.2, -0.15) is 0 Å². The molecule has 0 fully saturated rings. The van der Waals surface area contributed by atoms with Crippen LogP contribution in [0.15, 0.2) is 152 Å². The van der Waals surface area contributed by atoms with Crippen molar-refractivity contribution >= 4 is 37.9 Å². The summed E-state index contributed by atoms with van der Waals surface area (Å²) in [6, 6.07) is 40.6. The molecule has 0 saturated carbocycles. The lowest BCUT2D eigenvalue weighted by molar-refractivity contribution is 1.05. The molecule has 0 unspecified atom stereocenters. The van der Waals surface area contributed by atoms with Crippen LogP contribution in [0, 0.1) is 0 Å². The van der Waals surface area contributed by atoms with Crippen molar-refractivity contribution in [2.24, 2.45) is 0 Å². The molecular formula is C41H29N3. The second-order valence-electron chi connectivity index (χ2n) is 11.1. The van der Waals surface area contributed by atoms with Crippen molar-refractivity contribution in [3.8, 4) is 33.9 Å². The first-order valence-corrected chi connectivity index (χ1v) is 15.1. The highest BCUT2D eigenvalue weighted by Crippen LogP contribution is 2.38. The Morgan fingerprint density at radius 1 is 0.432 bits per heavy atom. The van der Waals surface area contributed by atoms with Gasteiger partial charge in [0.25, 0.3) is 0 Å². The topological polar surface area (TPSA) is 38.7 Å². The zero-order chi connectivity index (χ0) is 29.3. The quantitative estimate of drug-likeness (QED) is 0.200. The van der Waals surface area contributed by atoms with Crippen molar-refractivity contribution in [1.82, 2.24) is 15.0 Å². The Labute approximate surface area is 256 Å². The lowest BCUT2D eigenvalue weighted by Gasteiger charge is -2.14. The SMILES string of the molecule is C1=CCC/C=C(/c2cccc(-c3ccc4c5ccc(-c6cccc(-c7ccccn7)n6)cc5c5ccccc5c4c3)n2)C=C1. The zero-order valence-electron chi connectivity index (χ0n) is 24.2. The third-order valence-corrected chi connectivity index (χ3v) is 8.37. The van der Waals surface area contributed by atoms with Gasteiger partial charge in [0.05, 0.1) is 28.5 Å². The molecular weight excluding hydrogens is 534 g/mol. The monoisotopic (exact) mass is 563 g/mol. The molecule has 0 radical (unpaired) electrons. The second-order valence-corrected chi connectivity index (χ2v) is 11.1. The molecule has 3 heterocycles. The number of aromatic nitrogens is 3. The fourth-order valence-electron chi connectivity index (χ4n) is 6.21. The molecule has 0 N–H and O–H groups in total. The van der Waals surface area contributed by atoms with Crippen molar-refractivity contribution in [3.63, 3.8) is 0 Å². The normalized spacial score (nSPS) is 14.4. The van der Waals surface area contributed by atoms with Crippen molar-refractivity contribution in [1.29, 1.82) is 0 Å². The van der Waals surface area contributed by atoms with E-state index in [1.165, 1.54) is 37.9 Å². The van der Waals surface area contributed by atoms with E-state index in [1.807, 2.05) is 24.3 Å². The smallest absolute Gasteiger partial charge is 0.0893 e. The van der Waals surface area contributed by atoms with E-state index >= 15 is 0 Å². The molecule has 3 heteroatoms. The zero-order valence-corrected chi connectivity index (χ0v) is 24.2. The Morgan fingerprint density at radius 2 is 1.02 bits per heavy atom. The van der Waals surface area contributed by atoms with Gasteiger partial charge in [-0.1, -0.05) is 97.1 Å². The number of nitrogens with zero attached hydrogens (tertiary/aromatic N) is 3. The maximum absolute atomic E-state index is 5.11. The highest BCUT2D eigenvalue weighted by atomic mass is 14.8. The van der Waals surface area contributed by atoms with E-state index in [2.05, 4.69) is 126 Å². The fraction of sp³-hybridized carbons (Fsp3) is 0.0488. The number of rotatable bonds is 4. The van der Waals surface area contributed by atoms with E-state index in [4.69, 9.17) is 9.97 Å². The van der Waals surface area contributed by atoms with Gasteiger partial charge in [-0.05, 0) is 99.3 Å². The minimum atomic E-state index is 0.871. The summed E-state index contributed by atoms with van der Waals surface area (Å²) in [7, 11) is 0. The van der Waals surface area contributed by atoms with Gasteiger partial charge < -0.3 is 0 Å². The minimum Gasteiger partial charge on any atom is -0.255 e. The van der Waals surface area contributed by atoms with Crippen molar-refractivity contribution in [2.45, 2.75) is 12.8 Å². The number of fused-ring (bicyclic) bond motifs is 6. The molecule has 7 aromatic rings. The van der Waals surface area contributed by atoms with Crippen LogP contribution >= 0.6 is 0 Å². The summed E-state index contributed by atoms with van der Waals surface area (Å²) in [5.41, 5.74) is 8.04. The number of pyridine rings is 3. The van der Waals surface area contributed by atoms with E-state index in [9.17, 15) is 0 Å². The number of benzene rings is 4. The predicted octanol–water partition coefficient (Wildman–Crippen LogP) is 10.6. The number of allylic oxidation sites excluding steroid dienone is 6. The Kier molecular flexibility index (Phi) is 6.62. The van der Waals surface area contributed by atoms with Gasteiger partial charge in [-0.25, -0.2) is 9.97 Å². The third kappa shape index (κ3) is 4.79. The van der Waals surface area contributed by atoms with Crippen molar-refractivity contribution < 1.29 is 0 Å². The summed E-state index contributed by atoms with van der Waals surface area (Å²) >= 11 is 0. The van der Waals surface area contributed by atoms with Crippen LogP contribution in [-0.4, -0.2) is 15.0 Å². The molecule has 3 aromatic heterocycles. The van der Waals surface area contributed by atoms with Gasteiger partial charge in [-0.3, -0.25) is 4.98 Å². The molecule has 0 saturated heterocycles. The van der Waals surface area contributed by atoms with E-state index in [1.54, 1.807) is 6.20 Å². The van der Waals surface area contributed by atoms with E-state index in [-0.39, 0.29) is 0 Å². The molecule has 0 bridgehead atoms. The highest BCUT2D eigenvalue weighted by Gasteiger charge is 2.13. The van der Waals surface area contributed by atoms with Gasteiger partial charge in [0, 0.05) is 17.3 Å². The lowest BCUT2D eigenvalue weighted by Crippen LogP contribution is -1.92. The lowest BCUT2D eigenvalue weighted by atomic mass is 9.91. The largest absolute Gasteiger partial charge is 0.255 e. The Morgan fingerprint density at radius 3 is 1.70 bits per heavy atom.